The fraction of sp³-hybridized carbons (Fsp3) is 0.625. The molecule has 1 aromatic rings. The van der Waals surface area contributed by atoms with E-state index in [1.54, 1.807) is 5.10 Å². The average Bonchev–Trinajstić information content (AvgIpc) is 2.83. The zero-order valence-corrected chi connectivity index (χ0v) is 9.18. The van der Waals surface area contributed by atoms with Crippen molar-refractivity contribution >= 4 is 11.9 Å². The molecule has 1 unspecified atom stereocenters. The molecule has 0 aromatic carbocycles. The van der Waals surface area contributed by atoms with Gasteiger partial charge in [0.15, 0.2) is 0 Å². The molecule has 2 rings (SSSR count). The molecule has 2 heterocycles. The summed E-state index contributed by atoms with van der Waals surface area (Å²) in [5.74, 6) is -5.93. The first-order valence-electron chi connectivity index (χ1n) is 5.09. The quantitative estimate of drug-likeness (QED) is 0.701. The molecule has 0 spiro atoms. The van der Waals surface area contributed by atoms with Crippen molar-refractivity contribution in [3.8, 4) is 0 Å². The standard InChI is InChI=1S/C8H8F5N5O/c9-7(10)1-3(14-2-7)4(19)15-6-16-5(17-18-6)8(11,12)13/h3,14H,1-2H2,(H2,15,16,17,18,19). The lowest BCUT2D eigenvalue weighted by atomic mass is 10.2. The second-order valence-corrected chi connectivity index (χ2v) is 3.99. The Kier molecular flexibility index (Phi) is 3.16. The lowest BCUT2D eigenvalue weighted by Crippen LogP contribution is -2.35. The molecule has 1 atom stereocenters. The molecular weight excluding hydrogens is 277 g/mol. The number of aromatic amines is 1. The normalized spacial score (nSPS) is 22.5. The number of hydrogen-bond acceptors (Lipinski definition) is 4. The van der Waals surface area contributed by atoms with E-state index in [4.69, 9.17) is 0 Å². The van der Waals surface area contributed by atoms with E-state index in [0.29, 0.717) is 0 Å². The van der Waals surface area contributed by atoms with Crippen LogP contribution in [-0.4, -0.2) is 39.6 Å². The Bertz CT molecular complexity index is 484. The van der Waals surface area contributed by atoms with Gasteiger partial charge in [-0.3, -0.25) is 20.5 Å². The molecule has 19 heavy (non-hydrogen) atoms. The van der Waals surface area contributed by atoms with E-state index in [1.807, 2.05) is 5.32 Å². The van der Waals surface area contributed by atoms with Gasteiger partial charge in [-0.05, 0) is 0 Å². The smallest absolute Gasteiger partial charge is 0.300 e. The SMILES string of the molecule is O=C(Nc1n[nH]c(C(F)(F)F)n1)C1CC(F)(F)CN1. The Morgan fingerprint density at radius 3 is 2.58 bits per heavy atom. The van der Waals surface area contributed by atoms with E-state index in [9.17, 15) is 26.7 Å². The van der Waals surface area contributed by atoms with E-state index in [1.165, 1.54) is 0 Å². The van der Waals surface area contributed by atoms with Crippen molar-refractivity contribution in [1.29, 1.82) is 0 Å². The van der Waals surface area contributed by atoms with Gasteiger partial charge in [-0.15, -0.1) is 5.10 Å². The van der Waals surface area contributed by atoms with Crippen molar-refractivity contribution in [1.82, 2.24) is 20.5 Å². The van der Waals surface area contributed by atoms with Crippen LogP contribution in [0.1, 0.15) is 12.2 Å². The van der Waals surface area contributed by atoms with Crippen LogP contribution in [0.5, 0.6) is 0 Å². The number of nitrogens with one attached hydrogen (secondary N) is 3. The van der Waals surface area contributed by atoms with Gasteiger partial charge in [-0.1, -0.05) is 0 Å². The summed E-state index contributed by atoms with van der Waals surface area (Å²) in [6.45, 7) is -0.660. The van der Waals surface area contributed by atoms with Crippen molar-refractivity contribution in [2.75, 3.05) is 11.9 Å². The molecule has 106 valence electrons. The summed E-state index contributed by atoms with van der Waals surface area (Å²) < 4.78 is 62.2. The minimum absolute atomic E-state index is 0.616. The number of halogens is 5. The van der Waals surface area contributed by atoms with Crippen molar-refractivity contribution in [2.24, 2.45) is 0 Å². The first-order chi connectivity index (χ1) is 8.67. The highest BCUT2D eigenvalue weighted by Crippen LogP contribution is 2.27. The van der Waals surface area contributed by atoms with Crippen molar-refractivity contribution < 1.29 is 26.7 Å². The van der Waals surface area contributed by atoms with Gasteiger partial charge in [0.05, 0.1) is 12.6 Å². The maximum Gasteiger partial charge on any atom is 0.451 e. The summed E-state index contributed by atoms with van der Waals surface area (Å²) in [4.78, 5) is 14.5. The zero-order chi connectivity index (χ0) is 14.3. The van der Waals surface area contributed by atoms with Crippen LogP contribution in [0, 0.1) is 0 Å². The highest BCUT2D eigenvalue weighted by molar-refractivity contribution is 5.93. The van der Waals surface area contributed by atoms with Crippen molar-refractivity contribution in [3.63, 3.8) is 0 Å². The molecule has 1 amide bonds. The monoisotopic (exact) mass is 285 g/mol. The number of carbonyl (C=O) groups excluding carboxylic acids is 1. The van der Waals surface area contributed by atoms with Crippen LogP contribution < -0.4 is 10.6 Å². The van der Waals surface area contributed by atoms with Crippen LogP contribution in [0.3, 0.4) is 0 Å². The maximum atomic E-state index is 12.8. The number of amides is 1. The zero-order valence-electron chi connectivity index (χ0n) is 9.18. The number of alkyl halides is 5. The Balaban J connectivity index is 1.98. The van der Waals surface area contributed by atoms with Gasteiger partial charge in [0.25, 0.3) is 5.92 Å². The van der Waals surface area contributed by atoms with Crippen LogP contribution in [0.25, 0.3) is 0 Å². The number of aromatic nitrogens is 3. The van der Waals surface area contributed by atoms with Gasteiger partial charge < -0.3 is 0 Å². The molecule has 1 aliphatic heterocycles. The van der Waals surface area contributed by atoms with Gasteiger partial charge in [0, 0.05) is 6.42 Å². The lowest BCUT2D eigenvalue weighted by Gasteiger charge is -2.08. The summed E-state index contributed by atoms with van der Waals surface area (Å²) >= 11 is 0. The molecule has 0 aliphatic carbocycles. The molecule has 0 radical (unpaired) electrons. The van der Waals surface area contributed by atoms with Crippen LogP contribution in [0.2, 0.25) is 0 Å². The third kappa shape index (κ3) is 3.16. The summed E-state index contributed by atoms with van der Waals surface area (Å²) in [6, 6.07) is -1.19. The van der Waals surface area contributed by atoms with Gasteiger partial charge in [-0.25, -0.2) is 8.78 Å². The molecule has 1 aromatic heterocycles. The van der Waals surface area contributed by atoms with Crippen molar-refractivity contribution in [3.05, 3.63) is 5.82 Å². The van der Waals surface area contributed by atoms with Crippen molar-refractivity contribution in [2.45, 2.75) is 24.6 Å². The minimum Gasteiger partial charge on any atom is -0.300 e. The lowest BCUT2D eigenvalue weighted by molar-refractivity contribution is -0.144. The summed E-state index contributed by atoms with van der Waals surface area (Å²) in [5, 5.41) is 8.90. The Labute approximate surface area is 102 Å². The molecule has 3 N–H and O–H groups in total. The molecule has 0 saturated carbocycles. The number of H-pyrrole nitrogens is 1. The van der Waals surface area contributed by atoms with Crippen LogP contribution in [0.15, 0.2) is 0 Å². The highest BCUT2D eigenvalue weighted by Gasteiger charge is 2.42. The topological polar surface area (TPSA) is 82.7 Å². The van der Waals surface area contributed by atoms with Gasteiger partial charge in [-0.2, -0.15) is 18.2 Å². The third-order valence-electron chi connectivity index (χ3n) is 2.42. The summed E-state index contributed by atoms with van der Waals surface area (Å²) in [5.41, 5.74) is 0. The van der Waals surface area contributed by atoms with Gasteiger partial charge in [0.2, 0.25) is 17.7 Å². The van der Waals surface area contributed by atoms with Crippen LogP contribution >= 0.6 is 0 Å². The van der Waals surface area contributed by atoms with E-state index < -0.39 is 48.8 Å². The van der Waals surface area contributed by atoms with Crippen LogP contribution in [0.4, 0.5) is 27.9 Å². The number of carbonyl (C=O) groups is 1. The predicted octanol–water partition coefficient (Wildman–Crippen LogP) is 0.759. The Hall–Kier alpha value is -1.78. The third-order valence-corrected chi connectivity index (χ3v) is 2.42. The van der Waals surface area contributed by atoms with E-state index in [2.05, 4.69) is 15.4 Å². The Morgan fingerprint density at radius 1 is 1.42 bits per heavy atom. The van der Waals surface area contributed by atoms with E-state index >= 15 is 0 Å². The van der Waals surface area contributed by atoms with Gasteiger partial charge in [0.1, 0.15) is 0 Å². The summed E-state index contributed by atoms with van der Waals surface area (Å²) in [6.07, 6.45) is -5.45. The first-order valence-corrected chi connectivity index (χ1v) is 5.09. The molecule has 1 fully saturated rings. The molecule has 6 nitrogen and oxygen atoms in total. The van der Waals surface area contributed by atoms with E-state index in [0.717, 1.165) is 0 Å². The second kappa shape index (κ2) is 4.40. The Morgan fingerprint density at radius 2 is 2.11 bits per heavy atom. The minimum atomic E-state index is -4.73. The van der Waals surface area contributed by atoms with E-state index in [-0.39, 0.29) is 0 Å². The maximum absolute atomic E-state index is 12.8. The second-order valence-electron chi connectivity index (χ2n) is 3.99. The number of hydrogen-bond donors (Lipinski definition) is 3. The number of rotatable bonds is 2. The largest absolute Gasteiger partial charge is 0.451 e. The molecular formula is C8H8F5N5O. The fourth-order valence-corrected chi connectivity index (χ4v) is 1.54. The number of nitrogens with zero attached hydrogens (tertiary/aromatic N) is 2. The highest BCUT2D eigenvalue weighted by atomic mass is 19.4. The fourth-order valence-electron chi connectivity index (χ4n) is 1.54. The molecule has 1 saturated heterocycles. The first kappa shape index (κ1) is 13.6. The number of anilines is 1. The molecule has 1 aliphatic rings. The van der Waals surface area contributed by atoms with Crippen LogP contribution in [-0.2, 0) is 11.0 Å². The van der Waals surface area contributed by atoms with Gasteiger partial charge >= 0.3 is 6.18 Å². The average molecular weight is 285 g/mol. The summed E-state index contributed by atoms with van der Waals surface area (Å²) in [7, 11) is 0. The predicted molar refractivity (Wildman–Crippen MR) is 51.4 cm³/mol. The molecule has 0 bridgehead atoms. The molecule has 11 heteroatoms.